The molecule has 1 spiro atoms. The van der Waals surface area contributed by atoms with Crippen molar-refractivity contribution in [3.05, 3.63) is 11.1 Å². The summed E-state index contributed by atoms with van der Waals surface area (Å²) < 4.78 is 6.64. The molecular weight excluding hydrogens is 258 g/mol. The number of hydrogen-bond acceptors (Lipinski definition) is 2. The Morgan fingerprint density at radius 2 is 1.67 bits per heavy atom. The molecular formula is C19H35NO. The van der Waals surface area contributed by atoms with Gasteiger partial charge in [0.25, 0.3) is 0 Å². The Morgan fingerprint density at radius 1 is 1.00 bits per heavy atom. The molecule has 2 heteroatoms. The van der Waals surface area contributed by atoms with Gasteiger partial charge in [-0.1, -0.05) is 27.7 Å². The van der Waals surface area contributed by atoms with Crippen LogP contribution in [0.3, 0.4) is 0 Å². The van der Waals surface area contributed by atoms with Gasteiger partial charge in [0.2, 0.25) is 0 Å². The van der Waals surface area contributed by atoms with Crippen molar-refractivity contribution in [3.8, 4) is 0 Å². The largest absolute Gasteiger partial charge is 0.363 e. The lowest BCUT2D eigenvalue weighted by atomic mass is 9.77. The van der Waals surface area contributed by atoms with Crippen LogP contribution in [-0.2, 0) is 4.74 Å². The quantitative estimate of drug-likeness (QED) is 0.702. The van der Waals surface area contributed by atoms with Crippen molar-refractivity contribution in [1.82, 2.24) is 4.90 Å². The number of likely N-dealkylation sites (tertiary alicyclic amines) is 1. The normalized spacial score (nSPS) is 32.0. The highest BCUT2D eigenvalue weighted by molar-refractivity contribution is 5.35. The summed E-state index contributed by atoms with van der Waals surface area (Å²) in [7, 11) is 0. The summed E-state index contributed by atoms with van der Waals surface area (Å²) in [6, 6.07) is 0.648. The molecule has 0 bridgehead atoms. The first kappa shape index (κ1) is 17.0. The summed E-state index contributed by atoms with van der Waals surface area (Å²) in [5, 5.41) is 0. The molecule has 0 aliphatic carbocycles. The van der Waals surface area contributed by atoms with Gasteiger partial charge in [-0.2, -0.15) is 0 Å². The van der Waals surface area contributed by atoms with Crippen molar-refractivity contribution < 1.29 is 4.74 Å². The Morgan fingerprint density at radius 3 is 2.19 bits per heavy atom. The van der Waals surface area contributed by atoms with Gasteiger partial charge in [0, 0.05) is 12.6 Å². The van der Waals surface area contributed by atoms with Crippen LogP contribution in [-0.4, -0.2) is 35.7 Å². The molecule has 0 aromatic carbocycles. The first-order valence-electron chi connectivity index (χ1n) is 8.95. The Hall–Kier alpha value is -0.340. The molecule has 2 aliphatic rings. The van der Waals surface area contributed by atoms with E-state index in [0.29, 0.717) is 24.0 Å². The monoisotopic (exact) mass is 293 g/mol. The molecule has 122 valence electrons. The van der Waals surface area contributed by atoms with Crippen molar-refractivity contribution in [1.29, 1.82) is 0 Å². The minimum atomic E-state index is 0.0246. The van der Waals surface area contributed by atoms with Crippen LogP contribution in [0.1, 0.15) is 67.7 Å². The van der Waals surface area contributed by atoms with Crippen LogP contribution < -0.4 is 0 Å². The topological polar surface area (TPSA) is 12.5 Å². The summed E-state index contributed by atoms with van der Waals surface area (Å²) >= 11 is 0. The first-order chi connectivity index (χ1) is 9.78. The van der Waals surface area contributed by atoms with E-state index in [4.69, 9.17) is 4.74 Å². The first-order valence-corrected chi connectivity index (χ1v) is 8.95. The molecule has 0 saturated carbocycles. The van der Waals surface area contributed by atoms with Crippen molar-refractivity contribution in [3.63, 3.8) is 0 Å². The summed E-state index contributed by atoms with van der Waals surface area (Å²) in [4.78, 5) is 2.62. The lowest BCUT2D eigenvalue weighted by molar-refractivity contribution is -0.0383. The molecule has 0 radical (unpaired) electrons. The van der Waals surface area contributed by atoms with Gasteiger partial charge >= 0.3 is 0 Å². The maximum atomic E-state index is 6.64. The van der Waals surface area contributed by atoms with E-state index in [-0.39, 0.29) is 5.60 Å². The number of hydrogen-bond donors (Lipinski definition) is 0. The zero-order chi connectivity index (χ0) is 15.8. The summed E-state index contributed by atoms with van der Waals surface area (Å²) in [5.74, 6) is 1.19. The van der Waals surface area contributed by atoms with Gasteiger partial charge in [-0.05, 0) is 69.6 Å². The minimum absolute atomic E-state index is 0.0246. The molecule has 1 saturated heterocycles. The number of nitrogens with zero attached hydrogens (tertiary/aromatic N) is 1. The van der Waals surface area contributed by atoms with E-state index >= 15 is 0 Å². The maximum absolute atomic E-state index is 6.64. The second kappa shape index (κ2) is 6.42. The highest BCUT2D eigenvalue weighted by Crippen LogP contribution is 2.48. The second-order valence-electron chi connectivity index (χ2n) is 7.92. The van der Waals surface area contributed by atoms with Crippen molar-refractivity contribution in [2.45, 2.75) is 85.5 Å². The van der Waals surface area contributed by atoms with E-state index in [1.54, 1.807) is 11.1 Å². The van der Waals surface area contributed by atoms with Crippen molar-refractivity contribution >= 4 is 0 Å². The Bertz CT molecular complexity index is 396. The lowest BCUT2D eigenvalue weighted by Gasteiger charge is -2.34. The summed E-state index contributed by atoms with van der Waals surface area (Å²) in [6.07, 6.45) is 3.92. The van der Waals surface area contributed by atoms with Gasteiger partial charge in [-0.25, -0.2) is 0 Å². The molecule has 0 amide bonds. The van der Waals surface area contributed by atoms with Crippen LogP contribution in [0.5, 0.6) is 0 Å². The molecule has 0 aromatic rings. The van der Waals surface area contributed by atoms with Gasteiger partial charge in [-0.15, -0.1) is 0 Å². The minimum Gasteiger partial charge on any atom is -0.363 e. The van der Waals surface area contributed by atoms with Crippen LogP contribution in [0, 0.1) is 11.8 Å². The Balaban J connectivity index is 2.33. The smallest absolute Gasteiger partial charge is 0.0918 e. The predicted molar refractivity (Wildman–Crippen MR) is 90.5 cm³/mol. The molecule has 2 rings (SSSR count). The SMILES string of the molecule is CC(C)C1=C(C(C)C)[C@@]2(CCCN(C(C)C)CC2)O[C@H]1C. The predicted octanol–water partition coefficient (Wildman–Crippen LogP) is 4.65. The van der Waals surface area contributed by atoms with E-state index in [2.05, 4.69) is 53.4 Å². The van der Waals surface area contributed by atoms with Crippen LogP contribution in [0.4, 0.5) is 0 Å². The molecule has 2 aliphatic heterocycles. The third kappa shape index (κ3) is 3.22. The van der Waals surface area contributed by atoms with Crippen LogP contribution in [0.2, 0.25) is 0 Å². The van der Waals surface area contributed by atoms with E-state index in [1.165, 1.54) is 32.4 Å². The number of ether oxygens (including phenoxy) is 1. The average Bonchev–Trinajstić information content (AvgIpc) is 2.52. The molecule has 0 unspecified atom stereocenters. The van der Waals surface area contributed by atoms with Gasteiger partial charge in [0.1, 0.15) is 0 Å². The fraction of sp³-hybridized carbons (Fsp3) is 0.895. The molecule has 2 heterocycles. The summed E-state index contributed by atoms with van der Waals surface area (Å²) in [5.41, 5.74) is 3.25. The Labute approximate surface area is 131 Å². The fourth-order valence-corrected chi connectivity index (χ4v) is 4.62. The van der Waals surface area contributed by atoms with Gasteiger partial charge < -0.3 is 9.64 Å². The van der Waals surface area contributed by atoms with E-state index < -0.39 is 0 Å². The molecule has 0 N–H and O–H groups in total. The highest BCUT2D eigenvalue weighted by atomic mass is 16.5. The molecule has 21 heavy (non-hydrogen) atoms. The Kier molecular flexibility index (Phi) is 5.20. The van der Waals surface area contributed by atoms with E-state index in [0.717, 1.165) is 0 Å². The third-order valence-electron chi connectivity index (χ3n) is 5.40. The fourth-order valence-electron chi connectivity index (χ4n) is 4.62. The average molecular weight is 293 g/mol. The molecule has 1 fully saturated rings. The van der Waals surface area contributed by atoms with Crippen LogP contribution in [0.15, 0.2) is 11.1 Å². The van der Waals surface area contributed by atoms with Crippen molar-refractivity contribution in [2.75, 3.05) is 13.1 Å². The van der Waals surface area contributed by atoms with E-state index in [9.17, 15) is 0 Å². The van der Waals surface area contributed by atoms with Crippen LogP contribution in [0.25, 0.3) is 0 Å². The summed E-state index contributed by atoms with van der Waals surface area (Å²) in [6.45, 7) is 18.6. The molecule has 0 aromatic heterocycles. The third-order valence-corrected chi connectivity index (χ3v) is 5.40. The maximum Gasteiger partial charge on any atom is 0.0918 e. The highest BCUT2D eigenvalue weighted by Gasteiger charge is 2.47. The van der Waals surface area contributed by atoms with Gasteiger partial charge in [0.15, 0.2) is 0 Å². The van der Waals surface area contributed by atoms with Gasteiger partial charge in [-0.3, -0.25) is 0 Å². The molecule has 2 nitrogen and oxygen atoms in total. The zero-order valence-electron chi connectivity index (χ0n) is 15.2. The standard InChI is InChI=1S/C19H35NO/c1-13(2)17-16(7)21-19(18(17)14(3)4)9-8-11-20(12-10-19)15(5)6/h13-16H,8-12H2,1-7H3/t16-,19-/m0/s1. The number of rotatable bonds is 3. The lowest BCUT2D eigenvalue weighted by Crippen LogP contribution is -2.37. The van der Waals surface area contributed by atoms with Crippen molar-refractivity contribution in [2.24, 2.45) is 11.8 Å². The van der Waals surface area contributed by atoms with E-state index in [1.807, 2.05) is 0 Å². The van der Waals surface area contributed by atoms with Crippen LogP contribution >= 0.6 is 0 Å². The zero-order valence-corrected chi connectivity index (χ0v) is 15.2. The second-order valence-corrected chi connectivity index (χ2v) is 7.92. The molecule has 2 atom stereocenters. The van der Waals surface area contributed by atoms with Gasteiger partial charge in [0.05, 0.1) is 11.7 Å².